The quantitative estimate of drug-likeness (QED) is 0.751. The van der Waals surface area contributed by atoms with Crippen LogP contribution < -0.4 is 10.6 Å². The topological polar surface area (TPSA) is 90.1 Å². The minimum atomic E-state index is -0.0272. The maximum Gasteiger partial charge on any atom is 0.274 e. The van der Waals surface area contributed by atoms with Crippen LogP contribution in [-0.4, -0.2) is 52.6 Å². The first-order valence-corrected chi connectivity index (χ1v) is 8.54. The lowest BCUT2D eigenvalue weighted by molar-refractivity contribution is -0.122. The SMILES string of the molecule is CCCC(=O)NC1CCCN(C(=O)c2n[nH]c3c2CNCC3)C1.Cl. The van der Waals surface area contributed by atoms with E-state index in [1.807, 2.05) is 11.8 Å². The van der Waals surface area contributed by atoms with E-state index in [4.69, 9.17) is 0 Å². The maximum atomic E-state index is 12.8. The Labute approximate surface area is 148 Å². The van der Waals surface area contributed by atoms with Gasteiger partial charge in [-0.05, 0) is 19.3 Å². The number of hydrogen-bond acceptors (Lipinski definition) is 4. The van der Waals surface area contributed by atoms with Crippen molar-refractivity contribution < 1.29 is 9.59 Å². The molecule has 3 N–H and O–H groups in total. The number of fused-ring (bicyclic) bond motifs is 1. The first-order chi connectivity index (χ1) is 11.2. The van der Waals surface area contributed by atoms with E-state index in [1.54, 1.807) is 0 Å². The zero-order valence-corrected chi connectivity index (χ0v) is 14.9. The molecule has 3 rings (SSSR count). The third-order valence-corrected chi connectivity index (χ3v) is 4.56. The van der Waals surface area contributed by atoms with E-state index >= 15 is 0 Å². The van der Waals surface area contributed by atoms with Gasteiger partial charge in [0.05, 0.1) is 0 Å². The number of aromatic amines is 1. The third-order valence-electron chi connectivity index (χ3n) is 4.56. The van der Waals surface area contributed by atoms with Gasteiger partial charge in [0, 0.05) is 56.3 Å². The van der Waals surface area contributed by atoms with Crippen LogP contribution in [0.1, 0.15) is 54.4 Å². The molecule has 0 bridgehead atoms. The molecule has 8 heteroatoms. The highest BCUT2D eigenvalue weighted by Crippen LogP contribution is 2.19. The second kappa shape index (κ2) is 8.48. The zero-order valence-electron chi connectivity index (χ0n) is 14.1. The second-order valence-corrected chi connectivity index (χ2v) is 6.36. The Balaban J connectivity index is 0.00000208. The van der Waals surface area contributed by atoms with Crippen molar-refractivity contribution in [3.8, 4) is 0 Å². The Morgan fingerprint density at radius 3 is 3.04 bits per heavy atom. The van der Waals surface area contributed by atoms with E-state index in [1.165, 1.54) is 0 Å². The van der Waals surface area contributed by atoms with Crippen molar-refractivity contribution in [1.82, 2.24) is 25.7 Å². The molecule has 0 radical (unpaired) electrons. The lowest BCUT2D eigenvalue weighted by Crippen LogP contribution is -2.49. The molecule has 1 fully saturated rings. The molecule has 1 aromatic heterocycles. The van der Waals surface area contributed by atoms with Crippen LogP contribution in [0.15, 0.2) is 0 Å². The van der Waals surface area contributed by atoms with E-state index in [0.29, 0.717) is 25.2 Å². The van der Waals surface area contributed by atoms with Gasteiger partial charge in [-0.3, -0.25) is 14.7 Å². The van der Waals surface area contributed by atoms with Crippen molar-refractivity contribution in [1.29, 1.82) is 0 Å². The van der Waals surface area contributed by atoms with E-state index in [0.717, 1.165) is 50.0 Å². The van der Waals surface area contributed by atoms with Gasteiger partial charge in [0.15, 0.2) is 5.69 Å². The second-order valence-electron chi connectivity index (χ2n) is 6.36. The monoisotopic (exact) mass is 355 g/mol. The number of nitrogens with one attached hydrogen (secondary N) is 3. The summed E-state index contributed by atoms with van der Waals surface area (Å²) in [5.74, 6) is 0.0498. The van der Waals surface area contributed by atoms with Crippen LogP contribution in [0.4, 0.5) is 0 Å². The first kappa shape index (κ1) is 18.7. The zero-order chi connectivity index (χ0) is 16.2. The van der Waals surface area contributed by atoms with Crippen molar-refractivity contribution in [3.05, 3.63) is 17.0 Å². The van der Waals surface area contributed by atoms with Crippen LogP contribution in [0.2, 0.25) is 0 Å². The Bertz CT molecular complexity index is 589. The lowest BCUT2D eigenvalue weighted by atomic mass is 10.0. The molecule has 134 valence electrons. The van der Waals surface area contributed by atoms with Gasteiger partial charge in [-0.15, -0.1) is 12.4 Å². The number of H-pyrrole nitrogens is 1. The van der Waals surface area contributed by atoms with Crippen molar-refractivity contribution in [2.75, 3.05) is 19.6 Å². The van der Waals surface area contributed by atoms with E-state index < -0.39 is 0 Å². The highest BCUT2D eigenvalue weighted by Gasteiger charge is 2.29. The number of likely N-dealkylation sites (tertiary alicyclic amines) is 1. The Hall–Kier alpha value is -1.60. The third kappa shape index (κ3) is 4.08. The molecule has 0 aromatic carbocycles. The summed E-state index contributed by atoms with van der Waals surface area (Å²) in [6, 6.07) is 0.0552. The fraction of sp³-hybridized carbons (Fsp3) is 0.688. The number of carbonyl (C=O) groups excluding carboxylic acids is 2. The molecule has 0 aliphatic carbocycles. The number of aromatic nitrogens is 2. The van der Waals surface area contributed by atoms with E-state index in [2.05, 4.69) is 20.8 Å². The molecular weight excluding hydrogens is 330 g/mol. The van der Waals surface area contributed by atoms with Crippen LogP contribution >= 0.6 is 12.4 Å². The van der Waals surface area contributed by atoms with Crippen molar-refractivity contribution in [2.24, 2.45) is 0 Å². The van der Waals surface area contributed by atoms with Gasteiger partial charge >= 0.3 is 0 Å². The molecule has 1 unspecified atom stereocenters. The standard InChI is InChI=1S/C16H25N5O2.ClH/c1-2-4-14(22)18-11-5-3-8-21(10-11)16(23)15-12-9-17-7-6-13(12)19-20-15;/h11,17H,2-10H2,1H3,(H,18,22)(H,19,20);1H. The number of carbonyl (C=O) groups is 2. The molecule has 0 saturated carbocycles. The molecule has 1 saturated heterocycles. The summed E-state index contributed by atoms with van der Waals surface area (Å²) < 4.78 is 0. The van der Waals surface area contributed by atoms with Gasteiger partial charge in [0.25, 0.3) is 5.91 Å². The molecule has 2 aliphatic rings. The summed E-state index contributed by atoms with van der Waals surface area (Å²) >= 11 is 0. The smallest absolute Gasteiger partial charge is 0.274 e. The Kier molecular flexibility index (Phi) is 6.62. The van der Waals surface area contributed by atoms with Gasteiger partial charge in [0.1, 0.15) is 0 Å². The van der Waals surface area contributed by atoms with Crippen LogP contribution in [0.25, 0.3) is 0 Å². The van der Waals surface area contributed by atoms with Crippen LogP contribution in [-0.2, 0) is 17.8 Å². The average Bonchev–Trinajstić information content (AvgIpc) is 2.98. The predicted molar refractivity (Wildman–Crippen MR) is 93.2 cm³/mol. The average molecular weight is 356 g/mol. The summed E-state index contributed by atoms with van der Waals surface area (Å²) in [6.07, 6.45) is 4.11. The maximum absolute atomic E-state index is 12.8. The van der Waals surface area contributed by atoms with Crippen LogP contribution in [0.5, 0.6) is 0 Å². The number of amides is 2. The molecule has 7 nitrogen and oxygen atoms in total. The number of hydrogen-bond donors (Lipinski definition) is 3. The number of nitrogens with zero attached hydrogens (tertiary/aromatic N) is 2. The van der Waals surface area contributed by atoms with Gasteiger partial charge < -0.3 is 15.5 Å². The number of rotatable bonds is 4. The molecule has 0 spiro atoms. The van der Waals surface area contributed by atoms with E-state index in [-0.39, 0.29) is 30.3 Å². The summed E-state index contributed by atoms with van der Waals surface area (Å²) in [7, 11) is 0. The van der Waals surface area contributed by atoms with Crippen LogP contribution in [0, 0.1) is 0 Å². The summed E-state index contributed by atoms with van der Waals surface area (Å²) in [5, 5.41) is 13.6. The summed E-state index contributed by atoms with van der Waals surface area (Å²) in [5.41, 5.74) is 2.60. The molecule has 2 amide bonds. The summed E-state index contributed by atoms with van der Waals surface area (Å²) in [4.78, 5) is 26.4. The molecule has 2 aliphatic heterocycles. The molecule has 1 atom stereocenters. The molecular formula is C16H26ClN5O2. The van der Waals surface area contributed by atoms with Gasteiger partial charge in [0.2, 0.25) is 5.91 Å². The largest absolute Gasteiger partial charge is 0.352 e. The summed E-state index contributed by atoms with van der Waals surface area (Å²) in [6.45, 7) is 4.90. The first-order valence-electron chi connectivity index (χ1n) is 8.54. The Morgan fingerprint density at radius 1 is 1.42 bits per heavy atom. The minimum absolute atomic E-state index is 0. The van der Waals surface area contributed by atoms with Crippen molar-refractivity contribution in [3.63, 3.8) is 0 Å². The molecule has 3 heterocycles. The highest BCUT2D eigenvalue weighted by atomic mass is 35.5. The Morgan fingerprint density at radius 2 is 2.25 bits per heavy atom. The van der Waals surface area contributed by atoms with Crippen molar-refractivity contribution >= 4 is 24.2 Å². The number of halogens is 1. The molecule has 24 heavy (non-hydrogen) atoms. The highest BCUT2D eigenvalue weighted by molar-refractivity contribution is 5.94. The fourth-order valence-corrected chi connectivity index (χ4v) is 3.36. The van der Waals surface area contributed by atoms with Gasteiger partial charge in [-0.1, -0.05) is 6.92 Å². The van der Waals surface area contributed by atoms with Crippen molar-refractivity contribution in [2.45, 2.75) is 51.6 Å². The fourth-order valence-electron chi connectivity index (χ4n) is 3.36. The lowest BCUT2D eigenvalue weighted by Gasteiger charge is -2.33. The number of piperidine rings is 1. The predicted octanol–water partition coefficient (Wildman–Crippen LogP) is 0.998. The van der Waals surface area contributed by atoms with Crippen LogP contribution in [0.3, 0.4) is 0 Å². The minimum Gasteiger partial charge on any atom is -0.352 e. The van der Waals surface area contributed by atoms with Gasteiger partial charge in [-0.25, -0.2) is 0 Å². The van der Waals surface area contributed by atoms with E-state index in [9.17, 15) is 9.59 Å². The normalized spacial score (nSPS) is 20.0. The molecule has 1 aromatic rings. The van der Waals surface area contributed by atoms with Gasteiger partial charge in [-0.2, -0.15) is 5.10 Å².